The molecule has 0 saturated carbocycles. The molecule has 0 amide bonds. The second-order valence-electron chi connectivity index (χ2n) is 3.88. The molecular weight excluding hydrogens is 192 g/mol. The first kappa shape index (κ1) is 10.3. The predicted molar refractivity (Wildman–Crippen MR) is 57.3 cm³/mol. The molecule has 0 atom stereocenters. The second kappa shape index (κ2) is 4.55. The van der Waals surface area contributed by atoms with Crippen molar-refractivity contribution in [2.45, 2.75) is 25.9 Å². The third-order valence-corrected chi connectivity index (χ3v) is 2.68. The van der Waals surface area contributed by atoms with E-state index in [0.29, 0.717) is 0 Å². The van der Waals surface area contributed by atoms with Gasteiger partial charge in [0.2, 0.25) is 5.95 Å². The predicted octanol–water partition coefficient (Wildman–Crippen LogP) is 0.644. The van der Waals surface area contributed by atoms with Crippen molar-refractivity contribution in [2.75, 3.05) is 18.0 Å². The van der Waals surface area contributed by atoms with Gasteiger partial charge in [-0.25, -0.2) is 15.9 Å². The minimum absolute atomic E-state index is 0.187. The van der Waals surface area contributed by atoms with Crippen molar-refractivity contribution in [3.63, 3.8) is 0 Å². The van der Waals surface area contributed by atoms with Gasteiger partial charge >= 0.3 is 0 Å². The Balaban J connectivity index is 1.98. The van der Waals surface area contributed by atoms with Crippen LogP contribution in [0, 0.1) is 6.92 Å². The van der Waals surface area contributed by atoms with E-state index in [-0.39, 0.29) is 6.10 Å². The average Bonchev–Trinajstić information content (AvgIpc) is 2.30. The molecule has 2 heterocycles. The summed E-state index contributed by atoms with van der Waals surface area (Å²) < 4.78 is 0. The molecule has 1 aromatic rings. The fourth-order valence-electron chi connectivity index (χ4n) is 1.74. The molecule has 0 unspecified atom stereocenters. The first-order chi connectivity index (χ1) is 7.29. The SMILES string of the molecule is Cc1cnc(N2CCC(ON)CC2)nc1. The Morgan fingerprint density at radius 1 is 1.33 bits per heavy atom. The number of hydrogen-bond acceptors (Lipinski definition) is 5. The Morgan fingerprint density at radius 2 is 1.93 bits per heavy atom. The largest absolute Gasteiger partial charge is 0.341 e. The van der Waals surface area contributed by atoms with Gasteiger partial charge in [-0.3, -0.25) is 0 Å². The van der Waals surface area contributed by atoms with Gasteiger partial charge in [0.15, 0.2) is 0 Å². The summed E-state index contributed by atoms with van der Waals surface area (Å²) in [6, 6.07) is 0. The molecule has 2 rings (SSSR count). The lowest BCUT2D eigenvalue weighted by Gasteiger charge is -2.30. The van der Waals surface area contributed by atoms with Crippen LogP contribution < -0.4 is 10.8 Å². The van der Waals surface area contributed by atoms with Crippen LogP contribution in [0.25, 0.3) is 0 Å². The Labute approximate surface area is 89.2 Å². The number of nitrogens with zero attached hydrogens (tertiary/aromatic N) is 3. The summed E-state index contributed by atoms with van der Waals surface area (Å²) in [6.07, 6.45) is 5.75. The normalized spacial score (nSPS) is 18.1. The monoisotopic (exact) mass is 208 g/mol. The van der Waals surface area contributed by atoms with Crippen molar-refractivity contribution >= 4 is 5.95 Å². The fraction of sp³-hybridized carbons (Fsp3) is 0.600. The van der Waals surface area contributed by atoms with Crippen LogP contribution in [-0.4, -0.2) is 29.2 Å². The minimum atomic E-state index is 0.187. The molecule has 1 aromatic heterocycles. The van der Waals surface area contributed by atoms with Gasteiger partial charge in [-0.1, -0.05) is 0 Å². The lowest BCUT2D eigenvalue weighted by atomic mass is 10.1. The van der Waals surface area contributed by atoms with Crippen LogP contribution in [0.2, 0.25) is 0 Å². The minimum Gasteiger partial charge on any atom is -0.341 e. The number of aromatic nitrogens is 2. The number of piperidine rings is 1. The van der Waals surface area contributed by atoms with Crippen molar-refractivity contribution in [2.24, 2.45) is 5.90 Å². The highest BCUT2D eigenvalue weighted by molar-refractivity contribution is 5.30. The number of nitrogens with two attached hydrogens (primary N) is 1. The molecule has 15 heavy (non-hydrogen) atoms. The summed E-state index contributed by atoms with van der Waals surface area (Å²) in [7, 11) is 0. The highest BCUT2D eigenvalue weighted by atomic mass is 16.6. The van der Waals surface area contributed by atoms with E-state index >= 15 is 0 Å². The zero-order valence-electron chi connectivity index (χ0n) is 8.89. The molecule has 1 saturated heterocycles. The molecular formula is C10H16N4O. The summed E-state index contributed by atoms with van der Waals surface area (Å²) in [5.74, 6) is 5.96. The molecule has 5 nitrogen and oxygen atoms in total. The van der Waals surface area contributed by atoms with Gasteiger partial charge in [-0.05, 0) is 25.3 Å². The number of anilines is 1. The number of aryl methyl sites for hydroxylation is 1. The lowest BCUT2D eigenvalue weighted by Crippen LogP contribution is -2.38. The molecule has 82 valence electrons. The van der Waals surface area contributed by atoms with E-state index in [9.17, 15) is 0 Å². The zero-order chi connectivity index (χ0) is 10.7. The van der Waals surface area contributed by atoms with Crippen LogP contribution >= 0.6 is 0 Å². The molecule has 0 radical (unpaired) electrons. The number of rotatable bonds is 2. The summed E-state index contributed by atoms with van der Waals surface area (Å²) in [5, 5.41) is 0. The standard InChI is InChI=1S/C10H16N4O/c1-8-6-12-10(13-7-8)14-4-2-9(15-11)3-5-14/h6-7,9H,2-5,11H2,1H3. The van der Waals surface area contributed by atoms with Crippen molar-refractivity contribution in [3.05, 3.63) is 18.0 Å². The molecule has 0 spiro atoms. The highest BCUT2D eigenvalue weighted by Crippen LogP contribution is 2.16. The maximum Gasteiger partial charge on any atom is 0.225 e. The smallest absolute Gasteiger partial charge is 0.225 e. The van der Waals surface area contributed by atoms with E-state index in [1.54, 1.807) is 0 Å². The van der Waals surface area contributed by atoms with Gasteiger partial charge in [-0.15, -0.1) is 0 Å². The summed E-state index contributed by atoms with van der Waals surface area (Å²) in [4.78, 5) is 15.6. The van der Waals surface area contributed by atoms with Crippen molar-refractivity contribution in [1.29, 1.82) is 0 Å². The Morgan fingerprint density at radius 3 is 2.47 bits per heavy atom. The van der Waals surface area contributed by atoms with Crippen molar-refractivity contribution in [1.82, 2.24) is 9.97 Å². The van der Waals surface area contributed by atoms with Crippen LogP contribution in [0.1, 0.15) is 18.4 Å². The molecule has 0 bridgehead atoms. The first-order valence-corrected chi connectivity index (χ1v) is 5.18. The van der Waals surface area contributed by atoms with Gasteiger partial charge in [-0.2, -0.15) is 0 Å². The van der Waals surface area contributed by atoms with E-state index in [1.165, 1.54) is 0 Å². The van der Waals surface area contributed by atoms with E-state index in [1.807, 2.05) is 19.3 Å². The van der Waals surface area contributed by atoms with Gasteiger partial charge in [0.25, 0.3) is 0 Å². The van der Waals surface area contributed by atoms with Crippen LogP contribution in [0.15, 0.2) is 12.4 Å². The molecule has 2 N–H and O–H groups in total. The third kappa shape index (κ3) is 2.43. The van der Waals surface area contributed by atoms with Crippen LogP contribution in [0.4, 0.5) is 5.95 Å². The highest BCUT2D eigenvalue weighted by Gasteiger charge is 2.20. The third-order valence-electron chi connectivity index (χ3n) is 2.68. The zero-order valence-corrected chi connectivity index (χ0v) is 8.89. The second-order valence-corrected chi connectivity index (χ2v) is 3.88. The molecule has 1 fully saturated rings. The van der Waals surface area contributed by atoms with Crippen LogP contribution in [0.5, 0.6) is 0 Å². The van der Waals surface area contributed by atoms with Crippen molar-refractivity contribution in [3.8, 4) is 0 Å². The Hall–Kier alpha value is -1.20. The van der Waals surface area contributed by atoms with E-state index in [2.05, 4.69) is 14.9 Å². The lowest BCUT2D eigenvalue weighted by molar-refractivity contribution is 0.0366. The van der Waals surface area contributed by atoms with Gasteiger partial charge in [0.05, 0.1) is 6.10 Å². The van der Waals surface area contributed by atoms with Gasteiger partial charge < -0.3 is 9.74 Å². The Kier molecular flexibility index (Phi) is 3.13. The molecule has 0 aliphatic carbocycles. The molecule has 0 aromatic carbocycles. The molecule has 5 heteroatoms. The maximum atomic E-state index is 5.16. The van der Waals surface area contributed by atoms with Gasteiger partial charge in [0.1, 0.15) is 0 Å². The molecule has 1 aliphatic heterocycles. The average molecular weight is 208 g/mol. The van der Waals surface area contributed by atoms with Crippen LogP contribution in [-0.2, 0) is 4.84 Å². The fourth-order valence-corrected chi connectivity index (χ4v) is 1.74. The molecule has 1 aliphatic rings. The first-order valence-electron chi connectivity index (χ1n) is 5.18. The summed E-state index contributed by atoms with van der Waals surface area (Å²) in [6.45, 7) is 3.80. The topological polar surface area (TPSA) is 64.3 Å². The van der Waals surface area contributed by atoms with E-state index in [4.69, 9.17) is 10.7 Å². The van der Waals surface area contributed by atoms with Crippen LogP contribution in [0.3, 0.4) is 0 Å². The van der Waals surface area contributed by atoms with Crippen molar-refractivity contribution < 1.29 is 4.84 Å². The summed E-state index contributed by atoms with van der Waals surface area (Å²) in [5.41, 5.74) is 1.08. The van der Waals surface area contributed by atoms with E-state index < -0.39 is 0 Å². The maximum absolute atomic E-state index is 5.16. The number of hydrogen-bond donors (Lipinski definition) is 1. The van der Waals surface area contributed by atoms with E-state index in [0.717, 1.165) is 37.4 Å². The summed E-state index contributed by atoms with van der Waals surface area (Å²) >= 11 is 0. The Bertz CT molecular complexity index is 306. The van der Waals surface area contributed by atoms with Gasteiger partial charge in [0, 0.05) is 25.5 Å². The quantitative estimate of drug-likeness (QED) is 0.723.